The number of hydrogen-bond donors (Lipinski definition) is 1. The number of rotatable bonds is 3. The fourth-order valence-electron chi connectivity index (χ4n) is 1.71. The second kappa shape index (κ2) is 6.70. The Morgan fingerprint density at radius 1 is 0.952 bits per heavy atom. The summed E-state index contributed by atoms with van der Waals surface area (Å²) >= 11 is 0. The van der Waals surface area contributed by atoms with Crippen LogP contribution < -0.4 is 5.32 Å². The molecule has 1 amide bonds. The van der Waals surface area contributed by atoms with Crippen molar-refractivity contribution < 1.29 is 4.79 Å². The quantitative estimate of drug-likeness (QED) is 0.871. The molecule has 0 aliphatic carbocycles. The highest BCUT2D eigenvalue weighted by molar-refractivity contribution is 6.04. The van der Waals surface area contributed by atoms with Crippen molar-refractivity contribution in [3.63, 3.8) is 0 Å². The summed E-state index contributed by atoms with van der Waals surface area (Å²) in [6, 6.07) is 19.4. The van der Waals surface area contributed by atoms with Gasteiger partial charge in [0.15, 0.2) is 0 Å². The molecule has 0 saturated carbocycles. The third-order valence-corrected chi connectivity index (χ3v) is 2.76. The molecular formula is C17H11N3O. The molecule has 2 aromatic rings. The van der Waals surface area contributed by atoms with Crippen LogP contribution in [0.5, 0.6) is 0 Å². The van der Waals surface area contributed by atoms with Crippen molar-refractivity contribution in [2.24, 2.45) is 0 Å². The summed E-state index contributed by atoms with van der Waals surface area (Å²) in [7, 11) is 0. The number of carbonyl (C=O) groups is 1. The molecule has 4 nitrogen and oxygen atoms in total. The first-order valence-electron chi connectivity index (χ1n) is 6.21. The molecule has 0 unspecified atom stereocenters. The van der Waals surface area contributed by atoms with Gasteiger partial charge in [0.1, 0.15) is 17.7 Å². The highest BCUT2D eigenvalue weighted by Gasteiger charge is 2.04. The number of nitrogens with one attached hydrogen (secondary N) is 1. The molecule has 0 aromatic heterocycles. The Kier molecular flexibility index (Phi) is 4.48. The maximum atomic E-state index is 12.0. The number of anilines is 1. The van der Waals surface area contributed by atoms with Gasteiger partial charge in [0.2, 0.25) is 0 Å². The summed E-state index contributed by atoms with van der Waals surface area (Å²) in [4.78, 5) is 12.0. The van der Waals surface area contributed by atoms with Crippen molar-refractivity contribution in [2.75, 3.05) is 5.32 Å². The Hall–Kier alpha value is -3.37. The Morgan fingerprint density at radius 2 is 1.57 bits per heavy atom. The first-order valence-corrected chi connectivity index (χ1v) is 6.21. The van der Waals surface area contributed by atoms with Crippen molar-refractivity contribution in [1.29, 1.82) is 10.5 Å². The van der Waals surface area contributed by atoms with Gasteiger partial charge in [-0.3, -0.25) is 4.79 Å². The number of carbonyl (C=O) groups excluding carboxylic acids is 1. The molecule has 100 valence electrons. The van der Waals surface area contributed by atoms with Gasteiger partial charge < -0.3 is 5.32 Å². The summed E-state index contributed by atoms with van der Waals surface area (Å²) < 4.78 is 0. The number of benzene rings is 2. The van der Waals surface area contributed by atoms with Crippen molar-refractivity contribution in [1.82, 2.24) is 0 Å². The molecule has 0 aliphatic heterocycles. The summed E-state index contributed by atoms with van der Waals surface area (Å²) in [5.74, 6) is -0.186. The minimum absolute atomic E-state index is 0.0380. The van der Waals surface area contributed by atoms with E-state index in [1.165, 1.54) is 6.08 Å². The third-order valence-electron chi connectivity index (χ3n) is 2.76. The Labute approximate surface area is 122 Å². The summed E-state index contributed by atoms with van der Waals surface area (Å²) in [5.41, 5.74) is 2.00. The number of nitrogens with zero attached hydrogens (tertiary/aromatic N) is 2. The van der Waals surface area contributed by atoms with E-state index >= 15 is 0 Å². The fraction of sp³-hybridized carbons (Fsp3) is 0. The number of hydrogen-bond acceptors (Lipinski definition) is 3. The van der Waals surface area contributed by atoms with Crippen LogP contribution in [-0.4, -0.2) is 5.91 Å². The lowest BCUT2D eigenvalue weighted by Gasteiger charge is -2.05. The summed E-state index contributed by atoms with van der Waals surface area (Å²) in [5, 5.41) is 20.2. The van der Waals surface area contributed by atoms with Crippen LogP contribution in [-0.2, 0) is 0 Å². The molecule has 1 N–H and O–H groups in total. The van der Waals surface area contributed by atoms with E-state index in [0.29, 0.717) is 11.3 Å². The van der Waals surface area contributed by atoms with Gasteiger partial charge in [-0.2, -0.15) is 10.5 Å². The normalized spacial score (nSPS) is 9.05. The van der Waals surface area contributed by atoms with E-state index in [1.54, 1.807) is 60.7 Å². The van der Waals surface area contributed by atoms with E-state index in [9.17, 15) is 4.79 Å². The Balaban J connectivity index is 2.11. The topological polar surface area (TPSA) is 76.7 Å². The number of amides is 1. The minimum atomic E-state index is -0.186. The molecular weight excluding hydrogens is 262 g/mol. The largest absolute Gasteiger partial charge is 0.322 e. The van der Waals surface area contributed by atoms with Crippen LogP contribution in [0.2, 0.25) is 0 Å². The summed E-state index contributed by atoms with van der Waals surface area (Å²) in [6.45, 7) is 0. The zero-order valence-corrected chi connectivity index (χ0v) is 11.1. The number of allylic oxidation sites excluding steroid dienone is 1. The molecule has 0 heterocycles. The molecule has 0 fully saturated rings. The first-order chi connectivity index (χ1) is 10.2. The third kappa shape index (κ3) is 3.79. The first kappa shape index (κ1) is 14.0. The van der Waals surface area contributed by atoms with Crippen LogP contribution in [0.1, 0.15) is 15.9 Å². The lowest BCUT2D eigenvalue weighted by atomic mass is 10.1. The van der Waals surface area contributed by atoms with Crippen LogP contribution in [0.4, 0.5) is 5.69 Å². The van der Waals surface area contributed by atoms with Gasteiger partial charge in [-0.1, -0.05) is 30.3 Å². The minimum Gasteiger partial charge on any atom is -0.322 e. The molecule has 0 saturated heterocycles. The van der Waals surface area contributed by atoms with Crippen LogP contribution >= 0.6 is 0 Å². The fourth-order valence-corrected chi connectivity index (χ4v) is 1.71. The van der Waals surface area contributed by atoms with Gasteiger partial charge in [-0.15, -0.1) is 0 Å². The molecule has 4 heteroatoms. The molecule has 21 heavy (non-hydrogen) atoms. The van der Waals surface area contributed by atoms with E-state index < -0.39 is 0 Å². The zero-order chi connectivity index (χ0) is 15.1. The lowest BCUT2D eigenvalue weighted by Crippen LogP contribution is -2.11. The van der Waals surface area contributed by atoms with Crippen LogP contribution in [0, 0.1) is 22.7 Å². The monoisotopic (exact) mass is 273 g/mol. The van der Waals surface area contributed by atoms with E-state index in [-0.39, 0.29) is 11.5 Å². The Morgan fingerprint density at radius 3 is 2.14 bits per heavy atom. The molecule has 0 spiro atoms. The average Bonchev–Trinajstić information content (AvgIpc) is 2.55. The smallest absolute Gasteiger partial charge is 0.255 e. The van der Waals surface area contributed by atoms with Crippen LogP contribution in [0.25, 0.3) is 6.08 Å². The van der Waals surface area contributed by atoms with Crippen molar-refractivity contribution >= 4 is 17.7 Å². The predicted molar refractivity (Wildman–Crippen MR) is 80.0 cm³/mol. The maximum Gasteiger partial charge on any atom is 0.255 e. The molecule has 0 atom stereocenters. The van der Waals surface area contributed by atoms with E-state index in [4.69, 9.17) is 10.5 Å². The molecule has 0 aliphatic rings. The van der Waals surface area contributed by atoms with Gasteiger partial charge in [0, 0.05) is 11.3 Å². The zero-order valence-electron chi connectivity index (χ0n) is 11.1. The van der Waals surface area contributed by atoms with Crippen molar-refractivity contribution in [3.05, 3.63) is 71.3 Å². The molecule has 0 bridgehead atoms. The molecule has 0 radical (unpaired) electrons. The maximum absolute atomic E-state index is 12.0. The van der Waals surface area contributed by atoms with Crippen LogP contribution in [0.3, 0.4) is 0 Å². The second-order valence-corrected chi connectivity index (χ2v) is 4.22. The van der Waals surface area contributed by atoms with E-state index in [2.05, 4.69) is 5.32 Å². The van der Waals surface area contributed by atoms with Crippen molar-refractivity contribution in [3.8, 4) is 12.1 Å². The van der Waals surface area contributed by atoms with E-state index in [1.807, 2.05) is 6.07 Å². The van der Waals surface area contributed by atoms with Crippen molar-refractivity contribution in [2.45, 2.75) is 0 Å². The number of nitriles is 2. The van der Waals surface area contributed by atoms with Gasteiger partial charge in [-0.25, -0.2) is 0 Å². The lowest BCUT2D eigenvalue weighted by molar-refractivity contribution is 0.102. The SMILES string of the molecule is N#CC(C#N)=Cc1ccc(NC(=O)c2ccccc2)cc1. The van der Waals surface area contributed by atoms with E-state index in [0.717, 1.165) is 5.56 Å². The van der Waals surface area contributed by atoms with Gasteiger partial charge >= 0.3 is 0 Å². The second-order valence-electron chi connectivity index (χ2n) is 4.22. The van der Waals surface area contributed by atoms with Gasteiger partial charge in [0.05, 0.1) is 0 Å². The van der Waals surface area contributed by atoms with Gasteiger partial charge in [0.25, 0.3) is 5.91 Å². The molecule has 2 aromatic carbocycles. The molecule has 2 rings (SSSR count). The van der Waals surface area contributed by atoms with Gasteiger partial charge in [-0.05, 0) is 35.9 Å². The summed E-state index contributed by atoms with van der Waals surface area (Å²) in [6.07, 6.45) is 1.49. The van der Waals surface area contributed by atoms with Crippen LogP contribution in [0.15, 0.2) is 60.2 Å². The average molecular weight is 273 g/mol. The highest BCUT2D eigenvalue weighted by Crippen LogP contribution is 2.13. The Bertz CT molecular complexity index is 731. The standard InChI is InChI=1S/C17H11N3O/c18-11-14(12-19)10-13-6-8-16(9-7-13)20-17(21)15-4-2-1-3-5-15/h1-10H,(H,20,21). The predicted octanol–water partition coefficient (Wildman–Crippen LogP) is 3.37. The highest BCUT2D eigenvalue weighted by atomic mass is 16.1.